The molecular weight excluding hydrogens is 216 g/mol. The lowest BCUT2D eigenvalue weighted by Gasteiger charge is -2.13. The number of hydrogen-bond acceptors (Lipinski definition) is 4. The van der Waals surface area contributed by atoms with Gasteiger partial charge in [0.25, 0.3) is 0 Å². The Morgan fingerprint density at radius 1 is 1.41 bits per heavy atom. The Morgan fingerprint density at radius 2 is 2.24 bits per heavy atom. The van der Waals surface area contributed by atoms with Gasteiger partial charge in [0.05, 0.1) is 17.6 Å². The van der Waals surface area contributed by atoms with E-state index in [0.29, 0.717) is 17.9 Å². The van der Waals surface area contributed by atoms with Crippen LogP contribution in [0.25, 0.3) is 0 Å². The Labute approximate surface area is 100 Å². The van der Waals surface area contributed by atoms with Gasteiger partial charge in [-0.15, -0.1) is 5.10 Å². The van der Waals surface area contributed by atoms with Crippen molar-refractivity contribution in [2.75, 3.05) is 0 Å². The topological polar surface area (TPSA) is 63.8 Å². The van der Waals surface area contributed by atoms with E-state index in [9.17, 15) is 5.11 Å². The molecule has 0 amide bonds. The van der Waals surface area contributed by atoms with Gasteiger partial charge in [-0.1, -0.05) is 18.2 Å². The molecule has 5 heteroatoms. The fourth-order valence-electron chi connectivity index (χ4n) is 1.86. The van der Waals surface area contributed by atoms with Gasteiger partial charge >= 0.3 is 0 Å². The van der Waals surface area contributed by atoms with Crippen molar-refractivity contribution in [3.8, 4) is 0 Å². The maximum Gasteiger partial charge on any atom is 0.139 e. The maximum atomic E-state index is 10.3. The van der Waals surface area contributed by atoms with Crippen LogP contribution in [0.15, 0.2) is 24.5 Å². The van der Waals surface area contributed by atoms with Gasteiger partial charge in [0.2, 0.25) is 0 Å². The molecule has 1 unspecified atom stereocenters. The van der Waals surface area contributed by atoms with Crippen LogP contribution in [0, 0.1) is 0 Å². The molecule has 90 valence electrons. The first-order valence-electron chi connectivity index (χ1n) is 5.78. The lowest BCUT2D eigenvalue weighted by atomic mass is 10.1. The summed E-state index contributed by atoms with van der Waals surface area (Å²) in [6.45, 7) is 4.69. The molecule has 2 rings (SSSR count). The number of aliphatic hydroxyl groups excluding tert-OH is 1. The number of hydrogen-bond donors (Lipinski definition) is 1. The first-order chi connectivity index (χ1) is 8.27. The molecule has 0 saturated carbocycles. The summed E-state index contributed by atoms with van der Waals surface area (Å²) in [6, 6.07) is 3.86. The lowest BCUT2D eigenvalue weighted by Crippen LogP contribution is -2.12. The molecule has 0 aliphatic rings. The molecular formula is C12H16N4O. The quantitative estimate of drug-likeness (QED) is 0.864. The van der Waals surface area contributed by atoms with Crippen molar-refractivity contribution in [3.05, 3.63) is 41.5 Å². The van der Waals surface area contributed by atoms with E-state index < -0.39 is 6.10 Å². The third-order valence-electron chi connectivity index (χ3n) is 2.79. The van der Waals surface area contributed by atoms with Gasteiger partial charge in [-0.3, -0.25) is 4.98 Å². The van der Waals surface area contributed by atoms with E-state index in [0.717, 1.165) is 12.0 Å². The highest BCUT2D eigenvalue weighted by Crippen LogP contribution is 2.22. The van der Waals surface area contributed by atoms with Crippen LogP contribution >= 0.6 is 0 Å². The van der Waals surface area contributed by atoms with Gasteiger partial charge in [0, 0.05) is 12.7 Å². The van der Waals surface area contributed by atoms with E-state index in [4.69, 9.17) is 0 Å². The minimum atomic E-state index is -0.763. The third kappa shape index (κ3) is 2.19. The van der Waals surface area contributed by atoms with Crippen LogP contribution in [-0.2, 0) is 13.0 Å². The highest BCUT2D eigenvalue weighted by molar-refractivity contribution is 5.26. The van der Waals surface area contributed by atoms with Crippen molar-refractivity contribution in [1.82, 2.24) is 20.0 Å². The van der Waals surface area contributed by atoms with Crippen molar-refractivity contribution in [1.29, 1.82) is 0 Å². The van der Waals surface area contributed by atoms with Gasteiger partial charge in [-0.2, -0.15) is 0 Å². The lowest BCUT2D eigenvalue weighted by molar-refractivity contribution is 0.202. The highest BCUT2D eigenvalue weighted by Gasteiger charge is 2.19. The molecule has 0 bridgehead atoms. The zero-order valence-electron chi connectivity index (χ0n) is 10.0. The number of aliphatic hydroxyl groups is 1. The molecule has 0 aromatic carbocycles. The monoisotopic (exact) mass is 232 g/mol. The van der Waals surface area contributed by atoms with Crippen LogP contribution < -0.4 is 0 Å². The Bertz CT molecular complexity index is 495. The fraction of sp³-hybridized carbons (Fsp3) is 0.417. The standard InChI is InChI=1S/C12H16N4O/c1-3-9-6-5-7-13-11(9)12(17)10-8-14-15-16(10)4-2/h5-8,12,17H,3-4H2,1-2H3. The first kappa shape index (κ1) is 11.7. The molecule has 2 aromatic rings. The third-order valence-corrected chi connectivity index (χ3v) is 2.79. The predicted molar refractivity (Wildman–Crippen MR) is 63.4 cm³/mol. The Kier molecular flexibility index (Phi) is 3.49. The van der Waals surface area contributed by atoms with Gasteiger partial charge in [-0.05, 0) is 25.0 Å². The maximum absolute atomic E-state index is 10.3. The SMILES string of the molecule is CCc1cccnc1C(O)c1cnnn1CC. The van der Waals surface area contributed by atoms with Gasteiger partial charge in [0.15, 0.2) is 0 Å². The summed E-state index contributed by atoms with van der Waals surface area (Å²) < 4.78 is 1.68. The summed E-state index contributed by atoms with van der Waals surface area (Å²) in [5.74, 6) is 0. The number of nitrogens with zero attached hydrogens (tertiary/aromatic N) is 4. The molecule has 1 atom stereocenters. The number of pyridine rings is 1. The average Bonchev–Trinajstić information content (AvgIpc) is 2.86. The van der Waals surface area contributed by atoms with Crippen LogP contribution in [0.4, 0.5) is 0 Å². The van der Waals surface area contributed by atoms with E-state index >= 15 is 0 Å². The largest absolute Gasteiger partial charge is 0.380 e. The van der Waals surface area contributed by atoms with Crippen molar-refractivity contribution in [2.24, 2.45) is 0 Å². The van der Waals surface area contributed by atoms with Crippen LogP contribution in [0.1, 0.15) is 36.9 Å². The van der Waals surface area contributed by atoms with E-state index in [1.807, 2.05) is 26.0 Å². The minimum absolute atomic E-state index is 0.681. The van der Waals surface area contributed by atoms with Crippen molar-refractivity contribution < 1.29 is 5.11 Å². The first-order valence-corrected chi connectivity index (χ1v) is 5.78. The summed E-state index contributed by atoms with van der Waals surface area (Å²) >= 11 is 0. The Hall–Kier alpha value is -1.75. The number of aryl methyl sites for hydroxylation is 2. The molecule has 2 heterocycles. The van der Waals surface area contributed by atoms with Crippen molar-refractivity contribution in [3.63, 3.8) is 0 Å². The fourth-order valence-corrected chi connectivity index (χ4v) is 1.86. The molecule has 0 aliphatic carbocycles. The van der Waals surface area contributed by atoms with E-state index in [1.165, 1.54) is 0 Å². The predicted octanol–water partition coefficient (Wildman–Crippen LogP) is 1.34. The second-order valence-electron chi connectivity index (χ2n) is 3.78. The summed E-state index contributed by atoms with van der Waals surface area (Å²) in [6.07, 6.45) is 3.36. The van der Waals surface area contributed by atoms with E-state index in [2.05, 4.69) is 15.3 Å². The van der Waals surface area contributed by atoms with Crippen molar-refractivity contribution in [2.45, 2.75) is 32.9 Å². The summed E-state index contributed by atoms with van der Waals surface area (Å²) in [7, 11) is 0. The molecule has 0 aliphatic heterocycles. The molecule has 5 nitrogen and oxygen atoms in total. The molecule has 0 radical (unpaired) electrons. The normalized spacial score (nSPS) is 12.6. The van der Waals surface area contributed by atoms with Crippen LogP contribution in [0.3, 0.4) is 0 Å². The van der Waals surface area contributed by atoms with Crippen LogP contribution in [0.2, 0.25) is 0 Å². The van der Waals surface area contributed by atoms with Gasteiger partial charge in [-0.25, -0.2) is 4.68 Å². The molecule has 1 N–H and O–H groups in total. The summed E-state index contributed by atoms with van der Waals surface area (Å²) in [4.78, 5) is 4.26. The van der Waals surface area contributed by atoms with Crippen LogP contribution in [0.5, 0.6) is 0 Å². The average molecular weight is 232 g/mol. The molecule has 17 heavy (non-hydrogen) atoms. The number of rotatable bonds is 4. The number of aromatic nitrogens is 4. The van der Waals surface area contributed by atoms with Crippen molar-refractivity contribution >= 4 is 0 Å². The van der Waals surface area contributed by atoms with Crippen LogP contribution in [-0.4, -0.2) is 25.1 Å². The molecule has 0 saturated heterocycles. The Morgan fingerprint density at radius 3 is 2.94 bits per heavy atom. The second kappa shape index (κ2) is 5.05. The zero-order chi connectivity index (χ0) is 12.3. The second-order valence-corrected chi connectivity index (χ2v) is 3.78. The molecule has 0 spiro atoms. The summed E-state index contributed by atoms with van der Waals surface area (Å²) in [5, 5.41) is 18.1. The van der Waals surface area contributed by atoms with Gasteiger partial charge < -0.3 is 5.11 Å². The zero-order valence-corrected chi connectivity index (χ0v) is 10.0. The Balaban J connectivity index is 2.40. The minimum Gasteiger partial charge on any atom is -0.380 e. The highest BCUT2D eigenvalue weighted by atomic mass is 16.3. The van der Waals surface area contributed by atoms with Gasteiger partial charge in [0.1, 0.15) is 6.10 Å². The smallest absolute Gasteiger partial charge is 0.139 e. The molecule has 0 fully saturated rings. The van der Waals surface area contributed by atoms with E-state index in [-0.39, 0.29) is 0 Å². The van der Waals surface area contributed by atoms with E-state index in [1.54, 1.807) is 17.1 Å². The summed E-state index contributed by atoms with van der Waals surface area (Å²) in [5.41, 5.74) is 2.41. The molecule has 2 aromatic heterocycles.